The average Bonchev–Trinajstić information content (AvgIpc) is 2.77. The Morgan fingerprint density at radius 2 is 1.76 bits per heavy atom. The van der Waals surface area contributed by atoms with E-state index in [-0.39, 0.29) is 12.2 Å². The Hall–Kier alpha value is -3.47. The predicted octanol–water partition coefficient (Wildman–Crippen LogP) is 4.99. The lowest BCUT2D eigenvalue weighted by Crippen LogP contribution is -2.30. The van der Waals surface area contributed by atoms with Gasteiger partial charge in [0.05, 0.1) is 7.11 Å². The van der Waals surface area contributed by atoms with Crippen LogP contribution in [0, 0.1) is 0 Å². The van der Waals surface area contributed by atoms with E-state index < -0.39 is 0 Å². The number of aldehydes is 1. The highest BCUT2D eigenvalue weighted by Crippen LogP contribution is 2.41. The summed E-state index contributed by atoms with van der Waals surface area (Å²) in [7, 11) is 1.62. The predicted molar refractivity (Wildman–Crippen MR) is 109 cm³/mol. The van der Waals surface area contributed by atoms with Crippen molar-refractivity contribution in [2.24, 2.45) is 0 Å². The van der Waals surface area contributed by atoms with Gasteiger partial charge >= 0.3 is 0 Å². The molecule has 0 saturated heterocycles. The first-order valence-electron chi connectivity index (χ1n) is 9.45. The molecular formula is C24H22O5. The summed E-state index contributed by atoms with van der Waals surface area (Å²) in [5.74, 6) is 2.49. The van der Waals surface area contributed by atoms with E-state index >= 15 is 0 Å². The van der Waals surface area contributed by atoms with Gasteiger partial charge in [-0.2, -0.15) is 0 Å². The van der Waals surface area contributed by atoms with Crippen molar-refractivity contribution in [3.05, 3.63) is 83.4 Å². The largest absolute Gasteiger partial charge is 0.493 e. The summed E-state index contributed by atoms with van der Waals surface area (Å²) in [6.07, 6.45) is 0.256. The fraction of sp³-hybridized carbons (Fsp3) is 0.208. The Bertz CT molecular complexity index is 999. The minimum absolute atomic E-state index is 0.231. The van der Waals surface area contributed by atoms with Crippen molar-refractivity contribution in [3.63, 3.8) is 0 Å². The second-order valence-electron chi connectivity index (χ2n) is 6.87. The van der Waals surface area contributed by atoms with Crippen LogP contribution in [0.15, 0.2) is 66.7 Å². The van der Waals surface area contributed by atoms with Gasteiger partial charge in [-0.3, -0.25) is 4.79 Å². The monoisotopic (exact) mass is 390 g/mol. The second kappa shape index (κ2) is 8.27. The molecule has 2 atom stereocenters. The van der Waals surface area contributed by atoms with E-state index in [1.807, 2.05) is 55.5 Å². The molecule has 0 bridgehead atoms. The van der Waals surface area contributed by atoms with Gasteiger partial charge in [0.1, 0.15) is 19.0 Å². The molecule has 1 heterocycles. The maximum absolute atomic E-state index is 11.0. The molecule has 148 valence electrons. The lowest BCUT2D eigenvalue weighted by atomic mass is 10.0. The molecule has 0 radical (unpaired) electrons. The van der Waals surface area contributed by atoms with Gasteiger partial charge in [0, 0.05) is 11.1 Å². The number of carbonyl (C=O) groups excluding carboxylic acids is 1. The molecule has 0 aliphatic carbocycles. The normalized spacial score (nSPS) is 17.4. The van der Waals surface area contributed by atoms with Crippen LogP contribution in [0.5, 0.6) is 23.0 Å². The van der Waals surface area contributed by atoms with Crippen molar-refractivity contribution < 1.29 is 23.7 Å². The summed E-state index contributed by atoms with van der Waals surface area (Å²) in [5, 5.41) is 0. The summed E-state index contributed by atoms with van der Waals surface area (Å²) in [6.45, 7) is 2.40. The standard InChI is InChI=1S/C24H22O5/c1-16-24(29-21-10-8-18(14-25)12-23(21)28-16)19-9-11-20(22(13-19)26-2)27-15-17-6-4-3-5-7-17/h3-14,16,24H,15H2,1-2H3. The van der Waals surface area contributed by atoms with Crippen LogP contribution in [0.4, 0.5) is 0 Å². The molecule has 3 aromatic rings. The van der Waals surface area contributed by atoms with Gasteiger partial charge < -0.3 is 18.9 Å². The van der Waals surface area contributed by atoms with Crippen molar-refractivity contribution in [2.45, 2.75) is 25.7 Å². The molecule has 1 aliphatic heterocycles. The fourth-order valence-corrected chi connectivity index (χ4v) is 3.34. The topological polar surface area (TPSA) is 54.0 Å². The van der Waals surface area contributed by atoms with Crippen molar-refractivity contribution in [2.75, 3.05) is 7.11 Å². The van der Waals surface area contributed by atoms with Crippen LogP contribution in [-0.4, -0.2) is 19.5 Å². The highest BCUT2D eigenvalue weighted by Gasteiger charge is 2.30. The Morgan fingerprint density at radius 1 is 0.931 bits per heavy atom. The summed E-state index contributed by atoms with van der Waals surface area (Å²) in [6, 6.07) is 20.9. The van der Waals surface area contributed by atoms with Gasteiger partial charge in [0.25, 0.3) is 0 Å². The summed E-state index contributed by atoms with van der Waals surface area (Å²) in [4.78, 5) is 11.0. The van der Waals surface area contributed by atoms with Crippen molar-refractivity contribution in [3.8, 4) is 23.0 Å². The van der Waals surface area contributed by atoms with Gasteiger partial charge in [-0.05, 0) is 42.8 Å². The molecule has 4 rings (SSSR count). The van der Waals surface area contributed by atoms with Crippen molar-refractivity contribution >= 4 is 6.29 Å². The number of hydrogen-bond donors (Lipinski definition) is 0. The van der Waals surface area contributed by atoms with Crippen molar-refractivity contribution in [1.29, 1.82) is 0 Å². The second-order valence-corrected chi connectivity index (χ2v) is 6.87. The molecule has 5 nitrogen and oxygen atoms in total. The van der Waals surface area contributed by atoms with E-state index in [2.05, 4.69) is 0 Å². The third-order valence-electron chi connectivity index (χ3n) is 4.85. The summed E-state index contributed by atoms with van der Waals surface area (Å²) < 4.78 is 23.6. The van der Waals surface area contributed by atoms with Crippen LogP contribution in [0.2, 0.25) is 0 Å². The first kappa shape index (κ1) is 18.9. The molecule has 3 aromatic carbocycles. The molecule has 29 heavy (non-hydrogen) atoms. The van der Waals surface area contributed by atoms with Crippen LogP contribution in [0.25, 0.3) is 0 Å². The molecule has 1 aliphatic rings. The van der Waals surface area contributed by atoms with Gasteiger partial charge in [-0.15, -0.1) is 0 Å². The van der Waals surface area contributed by atoms with Crippen LogP contribution in [0.1, 0.15) is 34.5 Å². The number of ether oxygens (including phenoxy) is 4. The first-order chi connectivity index (χ1) is 14.2. The van der Waals surface area contributed by atoms with Gasteiger partial charge in [-0.1, -0.05) is 36.4 Å². The molecule has 0 N–H and O–H groups in total. The van der Waals surface area contributed by atoms with Crippen LogP contribution in [0.3, 0.4) is 0 Å². The third-order valence-corrected chi connectivity index (χ3v) is 4.85. The zero-order valence-electron chi connectivity index (χ0n) is 16.3. The van der Waals surface area contributed by atoms with E-state index in [0.29, 0.717) is 35.2 Å². The molecule has 0 aromatic heterocycles. The Labute approximate surface area is 169 Å². The van der Waals surface area contributed by atoms with E-state index in [0.717, 1.165) is 17.4 Å². The number of benzene rings is 3. The number of fused-ring (bicyclic) bond motifs is 1. The smallest absolute Gasteiger partial charge is 0.162 e. The number of carbonyl (C=O) groups is 1. The molecule has 5 heteroatoms. The molecule has 2 unspecified atom stereocenters. The molecule has 0 fully saturated rings. The van der Waals surface area contributed by atoms with Gasteiger partial charge in [-0.25, -0.2) is 0 Å². The first-order valence-corrected chi connectivity index (χ1v) is 9.45. The number of rotatable bonds is 6. The van der Waals surface area contributed by atoms with E-state index in [9.17, 15) is 4.79 Å². The zero-order chi connectivity index (χ0) is 20.2. The Balaban J connectivity index is 1.54. The van der Waals surface area contributed by atoms with E-state index in [1.165, 1.54) is 0 Å². The maximum Gasteiger partial charge on any atom is 0.162 e. The van der Waals surface area contributed by atoms with E-state index in [1.54, 1.807) is 25.3 Å². The summed E-state index contributed by atoms with van der Waals surface area (Å²) in [5.41, 5.74) is 2.56. The number of hydrogen-bond acceptors (Lipinski definition) is 5. The minimum Gasteiger partial charge on any atom is -0.493 e. The van der Waals surface area contributed by atoms with E-state index in [4.69, 9.17) is 18.9 Å². The number of methoxy groups -OCH3 is 1. The zero-order valence-corrected chi connectivity index (χ0v) is 16.3. The molecular weight excluding hydrogens is 368 g/mol. The quantitative estimate of drug-likeness (QED) is 0.555. The lowest BCUT2D eigenvalue weighted by Gasteiger charge is -2.32. The van der Waals surface area contributed by atoms with Gasteiger partial charge in [0.2, 0.25) is 0 Å². The van der Waals surface area contributed by atoms with Crippen LogP contribution >= 0.6 is 0 Å². The van der Waals surface area contributed by atoms with Crippen LogP contribution in [-0.2, 0) is 6.61 Å². The van der Waals surface area contributed by atoms with Crippen LogP contribution < -0.4 is 18.9 Å². The molecule has 0 spiro atoms. The van der Waals surface area contributed by atoms with Gasteiger partial charge in [0.15, 0.2) is 29.1 Å². The highest BCUT2D eigenvalue weighted by molar-refractivity contribution is 5.76. The third kappa shape index (κ3) is 4.04. The van der Waals surface area contributed by atoms with Crippen molar-refractivity contribution in [1.82, 2.24) is 0 Å². The SMILES string of the molecule is COc1cc(C2Oc3ccc(C=O)cc3OC2C)ccc1OCc1ccccc1. The fourth-order valence-electron chi connectivity index (χ4n) is 3.34. The Morgan fingerprint density at radius 3 is 2.52 bits per heavy atom. The average molecular weight is 390 g/mol. The maximum atomic E-state index is 11.0. The minimum atomic E-state index is -0.304. The summed E-state index contributed by atoms with van der Waals surface area (Å²) >= 11 is 0. The lowest BCUT2D eigenvalue weighted by molar-refractivity contribution is 0.0304. The molecule has 0 saturated carbocycles. The molecule has 0 amide bonds. The Kier molecular flexibility index (Phi) is 5.38. The highest BCUT2D eigenvalue weighted by atomic mass is 16.6.